The number of nitrogens with two attached hydrogens (primary N) is 1. The molecule has 98 valence electrons. The number of nitrogens with one attached hydrogen (secondary N) is 1. The third-order valence-corrected chi connectivity index (χ3v) is 3.39. The summed E-state index contributed by atoms with van der Waals surface area (Å²) in [6, 6.07) is 8.48. The number of amides is 1. The van der Waals surface area contributed by atoms with E-state index < -0.39 is 0 Å². The molecule has 0 bridgehead atoms. The number of benzene rings is 1. The van der Waals surface area contributed by atoms with Gasteiger partial charge in [0.2, 0.25) is 0 Å². The largest absolute Gasteiger partial charge is 0.325 e. The molecule has 2 aromatic rings. The molecule has 4 nitrogen and oxygen atoms in total. The lowest BCUT2D eigenvalue weighted by Crippen LogP contribution is -2.13. The van der Waals surface area contributed by atoms with Crippen molar-refractivity contribution in [2.24, 2.45) is 5.73 Å². The summed E-state index contributed by atoms with van der Waals surface area (Å²) < 4.78 is 0.762. The number of carbonyl (C=O) groups excluding carboxylic acids is 1. The molecule has 0 saturated carbocycles. The molecule has 0 spiro atoms. The smallest absolute Gasteiger partial charge is 0.255 e. The van der Waals surface area contributed by atoms with E-state index in [9.17, 15) is 4.79 Å². The van der Waals surface area contributed by atoms with Crippen LogP contribution < -0.4 is 11.1 Å². The van der Waals surface area contributed by atoms with E-state index in [1.165, 1.54) is 0 Å². The Kier molecular flexibility index (Phi) is 4.52. The Morgan fingerprint density at radius 1 is 1.37 bits per heavy atom. The standard InChI is InChI=1S/C13H11BrClN3O/c14-11-2-1-9(15)6-12(11)18-13(19)8-3-4-17-10(5-8)7-16/h1-6H,7,16H2,(H,18,19). The molecule has 1 aromatic heterocycles. The van der Waals surface area contributed by atoms with Gasteiger partial charge in [-0.1, -0.05) is 11.6 Å². The van der Waals surface area contributed by atoms with Crippen molar-refractivity contribution in [2.45, 2.75) is 6.54 Å². The lowest BCUT2D eigenvalue weighted by molar-refractivity contribution is 0.102. The van der Waals surface area contributed by atoms with Crippen molar-refractivity contribution in [3.8, 4) is 0 Å². The van der Waals surface area contributed by atoms with Crippen LogP contribution in [-0.4, -0.2) is 10.9 Å². The number of hydrogen-bond donors (Lipinski definition) is 2. The first kappa shape index (κ1) is 14.0. The third-order valence-electron chi connectivity index (χ3n) is 2.46. The summed E-state index contributed by atoms with van der Waals surface area (Å²) in [6.07, 6.45) is 1.56. The summed E-state index contributed by atoms with van der Waals surface area (Å²) in [4.78, 5) is 16.1. The van der Waals surface area contributed by atoms with E-state index in [-0.39, 0.29) is 5.91 Å². The van der Waals surface area contributed by atoms with E-state index in [0.29, 0.717) is 28.5 Å². The van der Waals surface area contributed by atoms with Crippen LogP contribution in [0.4, 0.5) is 5.69 Å². The minimum absolute atomic E-state index is 0.236. The fourth-order valence-corrected chi connectivity index (χ4v) is 2.04. The number of anilines is 1. The lowest BCUT2D eigenvalue weighted by Gasteiger charge is -2.08. The first-order chi connectivity index (χ1) is 9.10. The van der Waals surface area contributed by atoms with Crippen LogP contribution in [0.3, 0.4) is 0 Å². The number of aromatic nitrogens is 1. The van der Waals surface area contributed by atoms with Gasteiger partial charge in [-0.15, -0.1) is 0 Å². The zero-order valence-corrected chi connectivity index (χ0v) is 12.2. The quantitative estimate of drug-likeness (QED) is 0.901. The van der Waals surface area contributed by atoms with Crippen molar-refractivity contribution < 1.29 is 4.79 Å². The number of halogens is 2. The van der Waals surface area contributed by atoms with Crippen LogP contribution in [0.2, 0.25) is 5.02 Å². The van der Waals surface area contributed by atoms with Crippen LogP contribution in [-0.2, 0) is 6.54 Å². The second-order valence-electron chi connectivity index (χ2n) is 3.82. The molecule has 0 unspecified atom stereocenters. The number of hydrogen-bond acceptors (Lipinski definition) is 3. The number of carbonyl (C=O) groups is 1. The third kappa shape index (κ3) is 3.53. The molecule has 0 radical (unpaired) electrons. The van der Waals surface area contributed by atoms with Crippen LogP contribution >= 0.6 is 27.5 Å². The summed E-state index contributed by atoms with van der Waals surface area (Å²) in [6.45, 7) is 0.294. The van der Waals surface area contributed by atoms with Crippen LogP contribution in [0.5, 0.6) is 0 Å². The van der Waals surface area contributed by atoms with Crippen molar-refractivity contribution in [1.82, 2.24) is 4.98 Å². The van der Waals surface area contributed by atoms with Gasteiger partial charge in [0.1, 0.15) is 0 Å². The Labute approximate surface area is 124 Å². The predicted octanol–water partition coefficient (Wildman–Crippen LogP) is 3.21. The Morgan fingerprint density at radius 2 is 2.16 bits per heavy atom. The van der Waals surface area contributed by atoms with Gasteiger partial charge in [0.05, 0.1) is 11.4 Å². The molecule has 0 fully saturated rings. The summed E-state index contributed by atoms with van der Waals surface area (Å²) in [7, 11) is 0. The Balaban J connectivity index is 2.22. The van der Waals surface area contributed by atoms with Gasteiger partial charge in [-0.3, -0.25) is 9.78 Å². The molecule has 0 saturated heterocycles. The Bertz CT molecular complexity index is 619. The SMILES string of the molecule is NCc1cc(C(=O)Nc2cc(Cl)ccc2Br)ccn1. The normalized spacial score (nSPS) is 10.3. The zero-order valence-electron chi connectivity index (χ0n) is 9.86. The van der Waals surface area contributed by atoms with E-state index >= 15 is 0 Å². The van der Waals surface area contributed by atoms with Crippen LogP contribution in [0.15, 0.2) is 41.0 Å². The Hall–Kier alpha value is -1.43. The molecular formula is C13H11BrClN3O. The van der Waals surface area contributed by atoms with Gasteiger partial charge < -0.3 is 11.1 Å². The highest BCUT2D eigenvalue weighted by Crippen LogP contribution is 2.26. The minimum atomic E-state index is -0.236. The van der Waals surface area contributed by atoms with Gasteiger partial charge in [-0.2, -0.15) is 0 Å². The van der Waals surface area contributed by atoms with E-state index in [0.717, 1.165) is 4.47 Å². The molecule has 6 heteroatoms. The van der Waals surface area contributed by atoms with Gasteiger partial charge in [-0.25, -0.2) is 0 Å². The topological polar surface area (TPSA) is 68.0 Å². The molecule has 3 N–H and O–H groups in total. The summed E-state index contributed by atoms with van der Waals surface area (Å²) in [5.41, 5.74) is 7.28. The summed E-state index contributed by atoms with van der Waals surface area (Å²) in [5, 5.41) is 3.33. The number of pyridine rings is 1. The van der Waals surface area contributed by atoms with Crippen molar-refractivity contribution >= 4 is 39.1 Å². The van der Waals surface area contributed by atoms with Crippen LogP contribution in [0.25, 0.3) is 0 Å². The molecule has 2 rings (SSSR count). The fraction of sp³-hybridized carbons (Fsp3) is 0.0769. The maximum Gasteiger partial charge on any atom is 0.255 e. The first-order valence-electron chi connectivity index (χ1n) is 5.51. The lowest BCUT2D eigenvalue weighted by atomic mass is 10.2. The molecule has 0 aliphatic carbocycles. The van der Waals surface area contributed by atoms with E-state index in [4.69, 9.17) is 17.3 Å². The fourth-order valence-electron chi connectivity index (χ4n) is 1.52. The van der Waals surface area contributed by atoms with E-state index in [2.05, 4.69) is 26.2 Å². The molecule has 1 amide bonds. The first-order valence-corrected chi connectivity index (χ1v) is 6.68. The van der Waals surface area contributed by atoms with Gasteiger partial charge in [0.15, 0.2) is 0 Å². The zero-order chi connectivity index (χ0) is 13.8. The summed E-state index contributed by atoms with van der Waals surface area (Å²) in [5.74, 6) is -0.236. The van der Waals surface area contributed by atoms with Gasteiger partial charge in [-0.05, 0) is 46.3 Å². The van der Waals surface area contributed by atoms with Gasteiger partial charge >= 0.3 is 0 Å². The number of rotatable bonds is 3. The Morgan fingerprint density at radius 3 is 2.89 bits per heavy atom. The monoisotopic (exact) mass is 339 g/mol. The van der Waals surface area contributed by atoms with Crippen molar-refractivity contribution in [1.29, 1.82) is 0 Å². The molecule has 0 atom stereocenters. The van der Waals surface area contributed by atoms with E-state index in [1.807, 2.05) is 0 Å². The molecule has 0 aliphatic rings. The second-order valence-corrected chi connectivity index (χ2v) is 5.11. The van der Waals surface area contributed by atoms with Crippen molar-refractivity contribution in [2.75, 3.05) is 5.32 Å². The highest BCUT2D eigenvalue weighted by atomic mass is 79.9. The second kappa shape index (κ2) is 6.14. The van der Waals surface area contributed by atoms with Crippen LogP contribution in [0.1, 0.15) is 16.1 Å². The molecular weight excluding hydrogens is 330 g/mol. The predicted molar refractivity (Wildman–Crippen MR) is 79.2 cm³/mol. The maximum absolute atomic E-state index is 12.1. The molecule has 1 aromatic carbocycles. The van der Waals surface area contributed by atoms with E-state index in [1.54, 1.807) is 36.5 Å². The van der Waals surface area contributed by atoms with Gasteiger partial charge in [0.25, 0.3) is 5.91 Å². The molecule has 19 heavy (non-hydrogen) atoms. The molecule has 1 heterocycles. The average molecular weight is 341 g/mol. The molecule has 0 aliphatic heterocycles. The van der Waals surface area contributed by atoms with Crippen LogP contribution in [0, 0.1) is 0 Å². The maximum atomic E-state index is 12.1. The summed E-state index contributed by atoms with van der Waals surface area (Å²) >= 11 is 9.25. The van der Waals surface area contributed by atoms with Crippen molar-refractivity contribution in [3.63, 3.8) is 0 Å². The number of nitrogens with zero attached hydrogens (tertiary/aromatic N) is 1. The van der Waals surface area contributed by atoms with Crippen molar-refractivity contribution in [3.05, 3.63) is 57.3 Å². The van der Waals surface area contributed by atoms with Gasteiger partial charge in [0, 0.05) is 27.8 Å². The highest BCUT2D eigenvalue weighted by molar-refractivity contribution is 9.10. The highest BCUT2D eigenvalue weighted by Gasteiger charge is 2.09. The minimum Gasteiger partial charge on any atom is -0.325 e. The average Bonchev–Trinajstić information content (AvgIpc) is 2.43.